The Morgan fingerprint density at radius 2 is 0.706 bits per heavy atom. The van der Waals surface area contributed by atoms with Crippen LogP contribution in [0.1, 0.15) is 84.0 Å². The first-order valence-corrected chi connectivity index (χ1v) is 13.4. The summed E-state index contributed by atoms with van der Waals surface area (Å²) < 4.78 is 0.792. The van der Waals surface area contributed by atoms with E-state index in [1.165, 1.54) is 94.1 Å². The molecule has 0 bridgehead atoms. The molecule has 0 saturated carbocycles. The number of nitrogens with zero attached hydrogens (tertiary/aromatic N) is 1. The van der Waals surface area contributed by atoms with Crippen LogP contribution in [0.15, 0.2) is 91.0 Å². The molecule has 3 aromatic rings. The minimum absolute atomic E-state index is 0. The molecule has 0 spiro atoms. The van der Waals surface area contributed by atoms with Crippen LogP contribution in [0.25, 0.3) is 0 Å². The maximum Gasteiger partial charge on any atom is 0.143 e. The van der Waals surface area contributed by atoms with E-state index in [4.69, 9.17) is 0 Å². The lowest BCUT2D eigenvalue weighted by Crippen LogP contribution is -3.00. The molecule has 0 aromatic heterocycles. The number of hydrogen-bond acceptors (Lipinski definition) is 0. The van der Waals surface area contributed by atoms with Gasteiger partial charge in [0.25, 0.3) is 0 Å². The van der Waals surface area contributed by atoms with Crippen LogP contribution in [0.4, 0.5) is 17.1 Å². The highest BCUT2D eigenvalue weighted by Gasteiger charge is 2.35. The van der Waals surface area contributed by atoms with Crippen molar-refractivity contribution in [2.45, 2.75) is 84.0 Å². The molecule has 0 saturated heterocycles. The minimum Gasteiger partial charge on any atom is -1.00 e. The molecular weight excluding hydrogens is 434 g/mol. The third-order valence-corrected chi connectivity index (χ3v) is 6.94. The average Bonchev–Trinajstić information content (AvgIpc) is 2.89. The Kier molecular flexibility index (Phi) is 13.7. The number of benzene rings is 3. The monoisotopic (exact) mass is 477 g/mol. The van der Waals surface area contributed by atoms with Gasteiger partial charge >= 0.3 is 0 Å². The van der Waals surface area contributed by atoms with Crippen LogP contribution in [-0.2, 0) is 0 Å². The SMILES string of the molecule is CCCCCCCCCCCCCC[N+](c1ccccc1)(c1ccccc1)c1ccccc1.[Cl-]. The van der Waals surface area contributed by atoms with Crippen molar-refractivity contribution >= 4 is 17.1 Å². The van der Waals surface area contributed by atoms with Crippen LogP contribution < -0.4 is 16.9 Å². The lowest BCUT2D eigenvalue weighted by molar-refractivity contribution is -0.00000679. The normalized spacial score (nSPS) is 11.2. The van der Waals surface area contributed by atoms with Crippen molar-refractivity contribution in [3.63, 3.8) is 0 Å². The van der Waals surface area contributed by atoms with Crippen molar-refractivity contribution in [3.8, 4) is 0 Å². The molecule has 0 fully saturated rings. The Morgan fingerprint density at radius 3 is 1.03 bits per heavy atom. The number of rotatable bonds is 16. The first kappa shape index (κ1) is 28.1. The van der Waals surface area contributed by atoms with Gasteiger partial charge in [-0.2, -0.15) is 0 Å². The molecule has 0 heterocycles. The first-order chi connectivity index (χ1) is 16.4. The summed E-state index contributed by atoms with van der Waals surface area (Å²) in [7, 11) is 0. The lowest BCUT2D eigenvalue weighted by atomic mass is 10.0. The van der Waals surface area contributed by atoms with Crippen LogP contribution >= 0.6 is 0 Å². The van der Waals surface area contributed by atoms with Crippen molar-refractivity contribution in [1.82, 2.24) is 4.48 Å². The van der Waals surface area contributed by atoms with Crippen LogP contribution in [0.3, 0.4) is 0 Å². The topological polar surface area (TPSA) is 0 Å². The van der Waals surface area contributed by atoms with Crippen LogP contribution in [0.2, 0.25) is 0 Å². The fourth-order valence-electron chi connectivity index (χ4n) is 5.07. The molecule has 0 atom stereocenters. The molecule has 0 unspecified atom stereocenters. The summed E-state index contributed by atoms with van der Waals surface area (Å²) >= 11 is 0. The van der Waals surface area contributed by atoms with Gasteiger partial charge < -0.3 is 12.4 Å². The van der Waals surface area contributed by atoms with Crippen molar-refractivity contribution < 1.29 is 12.4 Å². The van der Waals surface area contributed by atoms with Gasteiger partial charge in [0.05, 0.1) is 6.54 Å². The summed E-state index contributed by atoms with van der Waals surface area (Å²) in [5.41, 5.74) is 4.04. The predicted molar refractivity (Wildman–Crippen MR) is 146 cm³/mol. The Morgan fingerprint density at radius 1 is 0.412 bits per heavy atom. The molecule has 0 aliphatic heterocycles. The highest BCUT2D eigenvalue weighted by molar-refractivity contribution is 5.70. The summed E-state index contributed by atoms with van der Waals surface area (Å²) in [4.78, 5) is 0. The molecule has 0 N–H and O–H groups in total. The van der Waals surface area contributed by atoms with Crippen LogP contribution in [-0.4, -0.2) is 6.54 Å². The summed E-state index contributed by atoms with van der Waals surface area (Å²) in [6.07, 6.45) is 16.6. The zero-order chi connectivity index (χ0) is 23.0. The number of unbranched alkanes of at least 4 members (excludes halogenated alkanes) is 11. The van der Waals surface area contributed by atoms with Gasteiger partial charge in [-0.25, -0.2) is 4.48 Å². The number of halogens is 1. The number of hydrogen-bond donors (Lipinski definition) is 0. The Balaban J connectivity index is 0.00000408. The second kappa shape index (κ2) is 16.5. The summed E-state index contributed by atoms with van der Waals surface area (Å²) in [5.74, 6) is 0. The molecule has 34 heavy (non-hydrogen) atoms. The molecule has 0 aliphatic rings. The van der Waals surface area contributed by atoms with Crippen molar-refractivity contribution in [3.05, 3.63) is 91.0 Å². The van der Waals surface area contributed by atoms with E-state index in [0.29, 0.717) is 0 Å². The highest BCUT2D eigenvalue weighted by atomic mass is 35.5. The quantitative estimate of drug-likeness (QED) is 0.149. The fourth-order valence-corrected chi connectivity index (χ4v) is 5.07. The van der Waals surface area contributed by atoms with Crippen molar-refractivity contribution in [2.75, 3.05) is 6.54 Å². The number of quaternary nitrogens is 1. The van der Waals surface area contributed by atoms with Crippen LogP contribution in [0, 0.1) is 0 Å². The van der Waals surface area contributed by atoms with Crippen molar-refractivity contribution in [2.24, 2.45) is 0 Å². The van der Waals surface area contributed by atoms with Gasteiger partial charge in [0.1, 0.15) is 17.1 Å². The third-order valence-electron chi connectivity index (χ3n) is 6.94. The van der Waals surface area contributed by atoms with E-state index in [1.807, 2.05) is 0 Å². The van der Waals surface area contributed by atoms with Crippen LogP contribution in [0.5, 0.6) is 0 Å². The molecule has 1 nitrogen and oxygen atoms in total. The standard InChI is InChI=1S/C32H44N.ClH/c1-2-3-4-5-6-7-8-9-10-11-12-22-29-33(30-23-16-13-17-24-30,31-25-18-14-19-26-31)32-27-20-15-21-28-32;/h13-21,23-28H,2-12,22,29H2,1H3;1H/q+1;/p-1. The first-order valence-electron chi connectivity index (χ1n) is 13.4. The highest BCUT2D eigenvalue weighted by Crippen LogP contribution is 2.43. The maximum absolute atomic E-state index is 2.29. The van der Waals surface area contributed by atoms with Gasteiger partial charge in [-0.3, -0.25) is 0 Å². The second-order valence-corrected chi connectivity index (χ2v) is 9.43. The number of para-hydroxylation sites is 3. The van der Waals surface area contributed by atoms with E-state index in [2.05, 4.69) is 97.9 Å². The molecule has 0 amide bonds. The van der Waals surface area contributed by atoms with E-state index < -0.39 is 0 Å². The van der Waals surface area contributed by atoms with E-state index in [-0.39, 0.29) is 12.4 Å². The maximum atomic E-state index is 2.29. The summed E-state index contributed by atoms with van der Waals surface area (Å²) in [6, 6.07) is 33.2. The molecular formula is C32H44ClN. The third kappa shape index (κ3) is 8.29. The fraction of sp³-hybridized carbons (Fsp3) is 0.438. The van der Waals surface area contributed by atoms with Gasteiger partial charge in [-0.1, -0.05) is 126 Å². The minimum atomic E-state index is 0. The van der Waals surface area contributed by atoms with Gasteiger partial charge in [0, 0.05) is 0 Å². The molecule has 2 heteroatoms. The van der Waals surface area contributed by atoms with E-state index in [0.717, 1.165) is 11.0 Å². The van der Waals surface area contributed by atoms with E-state index >= 15 is 0 Å². The van der Waals surface area contributed by atoms with Gasteiger partial charge in [-0.15, -0.1) is 0 Å². The molecule has 0 radical (unpaired) electrons. The Labute approximate surface area is 215 Å². The smallest absolute Gasteiger partial charge is 0.143 e. The molecule has 184 valence electrons. The average molecular weight is 478 g/mol. The molecule has 0 aliphatic carbocycles. The summed E-state index contributed by atoms with van der Waals surface area (Å²) in [5, 5.41) is 0. The lowest BCUT2D eigenvalue weighted by Gasteiger charge is -2.37. The Bertz CT molecular complexity index is 767. The zero-order valence-electron chi connectivity index (χ0n) is 21.2. The van der Waals surface area contributed by atoms with E-state index in [1.54, 1.807) is 0 Å². The molecule has 3 aromatic carbocycles. The van der Waals surface area contributed by atoms with Gasteiger partial charge in [0.15, 0.2) is 0 Å². The second-order valence-electron chi connectivity index (χ2n) is 9.43. The Hall–Kier alpha value is -2.09. The molecule has 3 rings (SSSR count). The summed E-state index contributed by atoms with van der Waals surface area (Å²) in [6.45, 7) is 3.39. The van der Waals surface area contributed by atoms with Gasteiger partial charge in [-0.05, 0) is 49.2 Å². The predicted octanol–water partition coefficient (Wildman–Crippen LogP) is 7.36. The largest absolute Gasteiger partial charge is 1.00 e. The zero-order valence-corrected chi connectivity index (χ0v) is 21.9. The van der Waals surface area contributed by atoms with Gasteiger partial charge in [0.2, 0.25) is 0 Å². The van der Waals surface area contributed by atoms with Crippen molar-refractivity contribution in [1.29, 1.82) is 0 Å². The van der Waals surface area contributed by atoms with E-state index in [9.17, 15) is 0 Å².